The fourth-order valence-electron chi connectivity index (χ4n) is 2.21. The van der Waals surface area contributed by atoms with Crippen LogP contribution < -0.4 is 0 Å². The lowest BCUT2D eigenvalue weighted by atomic mass is 9.86. The largest absolute Gasteiger partial charge is 0.507 e. The molecule has 0 fully saturated rings. The summed E-state index contributed by atoms with van der Waals surface area (Å²) < 4.78 is 9.73. The average molecular weight is 302 g/mol. The van der Waals surface area contributed by atoms with Crippen LogP contribution in [0.5, 0.6) is 0 Å². The topological polar surface area (TPSA) is 93.1 Å². The van der Waals surface area contributed by atoms with Gasteiger partial charge in [-0.1, -0.05) is 60.7 Å². The van der Waals surface area contributed by atoms with E-state index in [0.717, 1.165) is 0 Å². The van der Waals surface area contributed by atoms with Gasteiger partial charge in [0, 0.05) is 11.1 Å². The van der Waals surface area contributed by atoms with E-state index in [1.54, 1.807) is 60.7 Å². The smallest absolute Gasteiger partial charge is 0.450 e. The monoisotopic (exact) mass is 302 g/mol. The molecule has 22 heavy (non-hydrogen) atoms. The number of hydrogen-bond acceptors (Lipinski definition) is 4. The Bertz CT molecular complexity index is 599. The van der Waals surface area contributed by atoms with Gasteiger partial charge in [0.15, 0.2) is 5.60 Å². The second kappa shape index (κ2) is 6.62. The van der Waals surface area contributed by atoms with Gasteiger partial charge in [0.05, 0.1) is 0 Å². The van der Waals surface area contributed by atoms with Gasteiger partial charge < -0.3 is 19.7 Å². The number of rotatable bonds is 5. The molecule has 0 atom stereocenters. The number of benzene rings is 2. The van der Waals surface area contributed by atoms with Gasteiger partial charge in [0.25, 0.3) is 0 Å². The number of carbonyl (C=O) groups is 2. The number of ether oxygens (including phenoxy) is 2. The molecular weight excluding hydrogens is 288 g/mol. The SMILES string of the molecule is O=C(O)OCC(OC(=O)O)(c1ccccc1)c1ccccc1. The minimum absolute atomic E-state index is 0.477. The van der Waals surface area contributed by atoms with Gasteiger partial charge in [-0.15, -0.1) is 0 Å². The van der Waals surface area contributed by atoms with E-state index in [1.165, 1.54) is 0 Å². The first-order chi connectivity index (χ1) is 10.5. The Labute approximate surface area is 126 Å². The summed E-state index contributed by atoms with van der Waals surface area (Å²) in [6, 6.07) is 17.0. The van der Waals surface area contributed by atoms with Crippen LogP contribution in [0.3, 0.4) is 0 Å². The van der Waals surface area contributed by atoms with Gasteiger partial charge in [-0.05, 0) is 0 Å². The van der Waals surface area contributed by atoms with Crippen molar-refractivity contribution in [1.29, 1.82) is 0 Å². The van der Waals surface area contributed by atoms with E-state index >= 15 is 0 Å². The fourth-order valence-corrected chi connectivity index (χ4v) is 2.21. The predicted molar refractivity (Wildman–Crippen MR) is 76.8 cm³/mol. The highest BCUT2D eigenvalue weighted by atomic mass is 16.7. The van der Waals surface area contributed by atoms with Crippen LogP contribution in [0.2, 0.25) is 0 Å². The Morgan fingerprint density at radius 2 is 1.27 bits per heavy atom. The highest BCUT2D eigenvalue weighted by Crippen LogP contribution is 2.34. The van der Waals surface area contributed by atoms with E-state index < -0.39 is 24.5 Å². The molecule has 0 aliphatic heterocycles. The molecule has 2 aromatic rings. The fraction of sp³-hybridized carbons (Fsp3) is 0.125. The van der Waals surface area contributed by atoms with Crippen LogP contribution in [0, 0.1) is 0 Å². The van der Waals surface area contributed by atoms with Gasteiger partial charge in [-0.25, -0.2) is 9.59 Å². The Morgan fingerprint density at radius 3 is 1.64 bits per heavy atom. The highest BCUT2D eigenvalue weighted by Gasteiger charge is 2.40. The normalized spacial score (nSPS) is 10.7. The summed E-state index contributed by atoms with van der Waals surface area (Å²) in [4.78, 5) is 22.0. The van der Waals surface area contributed by atoms with Gasteiger partial charge in [-0.3, -0.25) is 0 Å². The maximum atomic E-state index is 11.2. The van der Waals surface area contributed by atoms with Crippen molar-refractivity contribution in [2.75, 3.05) is 6.61 Å². The third-order valence-electron chi connectivity index (χ3n) is 3.14. The molecule has 2 rings (SSSR count). The van der Waals surface area contributed by atoms with E-state index in [-0.39, 0.29) is 0 Å². The van der Waals surface area contributed by atoms with Crippen LogP contribution in [0.15, 0.2) is 60.7 Å². The maximum Gasteiger partial charge on any atom is 0.507 e. The molecule has 0 amide bonds. The van der Waals surface area contributed by atoms with Crippen molar-refractivity contribution < 1.29 is 29.3 Å². The molecule has 2 N–H and O–H groups in total. The lowest BCUT2D eigenvalue weighted by Gasteiger charge is -2.32. The zero-order valence-electron chi connectivity index (χ0n) is 11.5. The van der Waals surface area contributed by atoms with Crippen LogP contribution in [0.25, 0.3) is 0 Å². The standard InChI is InChI=1S/C16H14O6/c17-14(18)21-11-16(22-15(19)20,12-7-3-1-4-8-12)13-9-5-2-6-10-13/h1-10H,11H2,(H,17,18)(H,19,20). The van der Waals surface area contributed by atoms with Crippen molar-refractivity contribution in [3.8, 4) is 0 Å². The summed E-state index contributed by atoms with van der Waals surface area (Å²) in [5.74, 6) is 0. The van der Waals surface area contributed by atoms with Crippen molar-refractivity contribution in [3.63, 3.8) is 0 Å². The summed E-state index contributed by atoms with van der Waals surface area (Å²) >= 11 is 0. The molecule has 2 aromatic carbocycles. The number of carboxylic acid groups (broad SMARTS) is 2. The minimum atomic E-state index is -1.56. The molecule has 0 unspecified atom stereocenters. The van der Waals surface area contributed by atoms with Crippen molar-refractivity contribution in [2.24, 2.45) is 0 Å². The maximum absolute atomic E-state index is 11.2. The lowest BCUT2D eigenvalue weighted by Crippen LogP contribution is -2.39. The van der Waals surface area contributed by atoms with E-state index in [0.29, 0.717) is 11.1 Å². The molecule has 6 heteroatoms. The number of hydrogen-bond donors (Lipinski definition) is 2. The van der Waals surface area contributed by atoms with Crippen LogP contribution in [-0.4, -0.2) is 29.1 Å². The molecule has 0 aliphatic rings. The van der Waals surface area contributed by atoms with E-state index in [9.17, 15) is 9.59 Å². The average Bonchev–Trinajstić information content (AvgIpc) is 2.53. The molecular formula is C16H14O6. The summed E-state index contributed by atoms with van der Waals surface area (Å²) in [7, 11) is 0. The van der Waals surface area contributed by atoms with Crippen LogP contribution >= 0.6 is 0 Å². The van der Waals surface area contributed by atoms with Crippen molar-refractivity contribution in [3.05, 3.63) is 71.8 Å². The molecule has 0 radical (unpaired) electrons. The van der Waals surface area contributed by atoms with Crippen molar-refractivity contribution >= 4 is 12.3 Å². The van der Waals surface area contributed by atoms with Crippen LogP contribution in [-0.2, 0) is 15.1 Å². The molecule has 114 valence electrons. The first-order valence-electron chi connectivity index (χ1n) is 6.43. The van der Waals surface area contributed by atoms with Crippen LogP contribution in [0.4, 0.5) is 9.59 Å². The molecule has 0 bridgehead atoms. The van der Waals surface area contributed by atoms with Crippen molar-refractivity contribution in [2.45, 2.75) is 5.60 Å². The quantitative estimate of drug-likeness (QED) is 0.823. The van der Waals surface area contributed by atoms with Crippen LogP contribution in [0.1, 0.15) is 11.1 Å². The van der Waals surface area contributed by atoms with Gasteiger partial charge in [0.1, 0.15) is 6.61 Å². The first-order valence-corrected chi connectivity index (χ1v) is 6.43. The zero-order valence-corrected chi connectivity index (χ0v) is 11.5. The van der Waals surface area contributed by atoms with Gasteiger partial charge in [-0.2, -0.15) is 0 Å². The third-order valence-corrected chi connectivity index (χ3v) is 3.14. The second-order valence-corrected chi connectivity index (χ2v) is 4.48. The second-order valence-electron chi connectivity index (χ2n) is 4.48. The minimum Gasteiger partial charge on any atom is -0.450 e. The molecule has 6 nitrogen and oxygen atoms in total. The van der Waals surface area contributed by atoms with E-state index in [4.69, 9.17) is 14.9 Å². The summed E-state index contributed by atoms with van der Waals surface area (Å²) in [6.07, 6.45) is -3.04. The Hall–Kier alpha value is -3.02. The molecule has 0 saturated carbocycles. The highest BCUT2D eigenvalue weighted by molar-refractivity contribution is 5.60. The van der Waals surface area contributed by atoms with Crippen molar-refractivity contribution in [1.82, 2.24) is 0 Å². The first kappa shape index (κ1) is 15.4. The van der Waals surface area contributed by atoms with E-state index in [1.807, 2.05) is 0 Å². The predicted octanol–water partition coefficient (Wildman–Crippen LogP) is 3.32. The lowest BCUT2D eigenvalue weighted by molar-refractivity contribution is -0.0428. The Morgan fingerprint density at radius 1 is 0.818 bits per heavy atom. The molecule has 0 aliphatic carbocycles. The molecule has 0 aromatic heterocycles. The molecule has 0 saturated heterocycles. The van der Waals surface area contributed by atoms with E-state index in [2.05, 4.69) is 4.74 Å². The summed E-state index contributed by atoms with van der Waals surface area (Å²) in [5.41, 5.74) is -0.609. The summed E-state index contributed by atoms with van der Waals surface area (Å²) in [5, 5.41) is 17.9. The van der Waals surface area contributed by atoms with Gasteiger partial charge >= 0.3 is 12.3 Å². The summed E-state index contributed by atoms with van der Waals surface area (Å²) in [6.45, 7) is -0.483. The zero-order chi connectivity index (χ0) is 16.0. The van der Waals surface area contributed by atoms with Gasteiger partial charge in [0.2, 0.25) is 0 Å². The Balaban J connectivity index is 2.57. The molecule has 0 spiro atoms. The molecule has 0 heterocycles. The Kier molecular flexibility index (Phi) is 4.63. The third kappa shape index (κ3) is 3.35.